The third-order valence-electron chi connectivity index (χ3n) is 3.08. The summed E-state index contributed by atoms with van der Waals surface area (Å²) < 4.78 is 33.8. The lowest BCUT2D eigenvalue weighted by molar-refractivity contribution is -0.119. The number of esters is 1. The number of nitrogens with two attached hydrogens (primary N) is 1. The summed E-state index contributed by atoms with van der Waals surface area (Å²) in [5, 5.41) is 2.45. The normalized spacial score (nSPS) is 13.4. The van der Waals surface area contributed by atoms with Gasteiger partial charge in [0, 0.05) is 6.04 Å². The van der Waals surface area contributed by atoms with Gasteiger partial charge in [0.25, 0.3) is 0 Å². The number of anilines is 1. The molecule has 0 aliphatic carbocycles. The molecule has 3 N–H and O–H groups in total. The van der Waals surface area contributed by atoms with Gasteiger partial charge < -0.3 is 20.5 Å². The molecule has 1 aromatic rings. The molecular formula is C14H18F2N2O4. The maximum Gasteiger partial charge on any atom is 0.387 e. The number of alkyl halides is 2. The Kier molecular flexibility index (Phi) is 6.24. The Morgan fingerprint density at radius 1 is 1.27 bits per heavy atom. The van der Waals surface area contributed by atoms with Gasteiger partial charge >= 0.3 is 12.6 Å². The van der Waals surface area contributed by atoms with Crippen LogP contribution < -0.4 is 15.8 Å². The topological polar surface area (TPSA) is 90.7 Å². The number of halogens is 2. The largest absolute Gasteiger partial charge is 0.465 e. The Morgan fingerprint density at radius 2 is 1.91 bits per heavy atom. The van der Waals surface area contributed by atoms with Crippen LogP contribution in [-0.4, -0.2) is 31.6 Å². The van der Waals surface area contributed by atoms with Crippen LogP contribution in [0.25, 0.3) is 0 Å². The molecule has 8 heteroatoms. The first-order valence-corrected chi connectivity index (χ1v) is 6.49. The summed E-state index contributed by atoms with van der Waals surface area (Å²) in [7, 11) is 1.16. The van der Waals surface area contributed by atoms with Crippen molar-refractivity contribution in [3.05, 3.63) is 23.8 Å². The minimum atomic E-state index is -3.10. The highest BCUT2D eigenvalue weighted by Gasteiger charge is 2.20. The van der Waals surface area contributed by atoms with Gasteiger partial charge in [0.05, 0.1) is 24.3 Å². The Balaban J connectivity index is 3.07. The van der Waals surface area contributed by atoms with E-state index in [1.54, 1.807) is 13.8 Å². The first-order chi connectivity index (χ1) is 10.3. The zero-order valence-corrected chi connectivity index (χ0v) is 12.4. The van der Waals surface area contributed by atoms with E-state index in [0.717, 1.165) is 13.2 Å². The highest BCUT2D eigenvalue weighted by Crippen LogP contribution is 2.28. The Morgan fingerprint density at radius 3 is 2.41 bits per heavy atom. The van der Waals surface area contributed by atoms with Gasteiger partial charge in [0.15, 0.2) is 0 Å². The molecule has 0 aliphatic rings. The second kappa shape index (κ2) is 7.69. The molecule has 0 aromatic heterocycles. The predicted molar refractivity (Wildman–Crippen MR) is 75.9 cm³/mol. The molecule has 1 aromatic carbocycles. The molecule has 0 spiro atoms. The number of ether oxygens (including phenoxy) is 2. The fourth-order valence-corrected chi connectivity index (χ4v) is 1.55. The van der Waals surface area contributed by atoms with Crippen molar-refractivity contribution in [2.24, 2.45) is 11.7 Å². The van der Waals surface area contributed by atoms with Gasteiger partial charge in [-0.15, -0.1) is 0 Å². The number of amides is 1. The summed E-state index contributed by atoms with van der Waals surface area (Å²) in [5.41, 5.74) is 5.66. The zero-order valence-electron chi connectivity index (χ0n) is 12.4. The molecule has 0 heterocycles. The number of benzene rings is 1. The summed E-state index contributed by atoms with van der Waals surface area (Å²) in [6, 6.07) is 3.28. The van der Waals surface area contributed by atoms with Crippen LogP contribution >= 0.6 is 0 Å². The van der Waals surface area contributed by atoms with Gasteiger partial charge in [-0.05, 0) is 25.1 Å². The van der Waals surface area contributed by atoms with E-state index in [4.69, 9.17) is 5.73 Å². The molecule has 2 unspecified atom stereocenters. The SMILES string of the molecule is COC(=O)c1ccc(NC(=O)C(C)C(C)N)c(OC(F)F)c1. The van der Waals surface area contributed by atoms with Crippen LogP contribution in [0, 0.1) is 5.92 Å². The van der Waals surface area contributed by atoms with Crippen molar-refractivity contribution in [2.45, 2.75) is 26.5 Å². The number of nitrogens with one attached hydrogen (secondary N) is 1. The van der Waals surface area contributed by atoms with Crippen molar-refractivity contribution in [1.82, 2.24) is 0 Å². The molecule has 0 fully saturated rings. The number of methoxy groups -OCH3 is 1. The summed E-state index contributed by atoms with van der Waals surface area (Å²) in [5.74, 6) is -2.01. The molecule has 0 radical (unpaired) electrons. The lowest BCUT2D eigenvalue weighted by Crippen LogP contribution is -2.34. The van der Waals surface area contributed by atoms with Crippen molar-refractivity contribution >= 4 is 17.6 Å². The molecule has 122 valence electrons. The maximum atomic E-state index is 12.5. The van der Waals surface area contributed by atoms with Crippen LogP contribution in [-0.2, 0) is 9.53 Å². The quantitative estimate of drug-likeness (QED) is 0.783. The number of hydrogen-bond donors (Lipinski definition) is 2. The van der Waals surface area contributed by atoms with Crippen LogP contribution in [0.3, 0.4) is 0 Å². The van der Waals surface area contributed by atoms with Gasteiger partial charge in [-0.25, -0.2) is 4.79 Å². The molecule has 22 heavy (non-hydrogen) atoms. The molecule has 0 saturated heterocycles. The molecular weight excluding hydrogens is 298 g/mol. The van der Waals surface area contributed by atoms with Gasteiger partial charge in [-0.3, -0.25) is 4.79 Å². The average Bonchev–Trinajstić information content (AvgIpc) is 2.46. The summed E-state index contributed by atoms with van der Waals surface area (Å²) in [6.45, 7) is 0.159. The van der Waals surface area contributed by atoms with Crippen molar-refractivity contribution < 1.29 is 27.8 Å². The third-order valence-corrected chi connectivity index (χ3v) is 3.08. The highest BCUT2D eigenvalue weighted by molar-refractivity contribution is 5.96. The minimum absolute atomic E-state index is 0.0189. The van der Waals surface area contributed by atoms with Crippen molar-refractivity contribution in [3.8, 4) is 5.75 Å². The second-order valence-corrected chi connectivity index (χ2v) is 4.72. The van der Waals surface area contributed by atoms with E-state index in [2.05, 4.69) is 14.8 Å². The van der Waals surface area contributed by atoms with Crippen LogP contribution in [0.5, 0.6) is 5.75 Å². The lowest BCUT2D eigenvalue weighted by Gasteiger charge is -2.17. The average molecular weight is 316 g/mol. The van der Waals surface area contributed by atoms with Crippen LogP contribution in [0.1, 0.15) is 24.2 Å². The monoisotopic (exact) mass is 316 g/mol. The lowest BCUT2D eigenvalue weighted by atomic mass is 10.0. The molecule has 2 atom stereocenters. The second-order valence-electron chi connectivity index (χ2n) is 4.72. The van der Waals surface area contributed by atoms with Crippen LogP contribution in [0.4, 0.5) is 14.5 Å². The molecule has 1 amide bonds. The molecule has 0 aliphatic heterocycles. The molecule has 0 bridgehead atoms. The number of hydrogen-bond acceptors (Lipinski definition) is 5. The van der Waals surface area contributed by atoms with E-state index in [1.807, 2.05) is 0 Å². The maximum absolute atomic E-state index is 12.5. The summed E-state index contributed by atoms with van der Waals surface area (Å²) in [6.07, 6.45) is 0. The van der Waals surface area contributed by atoms with E-state index >= 15 is 0 Å². The van der Waals surface area contributed by atoms with E-state index in [-0.39, 0.29) is 17.0 Å². The van der Waals surface area contributed by atoms with Crippen molar-refractivity contribution in [1.29, 1.82) is 0 Å². The Hall–Kier alpha value is -2.22. The van der Waals surface area contributed by atoms with E-state index in [1.165, 1.54) is 12.1 Å². The van der Waals surface area contributed by atoms with Gasteiger partial charge in [0.1, 0.15) is 5.75 Å². The number of carbonyl (C=O) groups is 2. The first-order valence-electron chi connectivity index (χ1n) is 6.49. The standard InChI is InChI=1S/C14H18F2N2O4/c1-7(8(2)17)12(19)18-10-5-4-9(13(20)21-3)6-11(10)22-14(15)16/h4-8,14H,17H2,1-3H3,(H,18,19). The zero-order chi connectivity index (χ0) is 16.9. The number of rotatable bonds is 6. The predicted octanol–water partition coefficient (Wildman–Crippen LogP) is 2.00. The van der Waals surface area contributed by atoms with E-state index < -0.39 is 30.4 Å². The third kappa shape index (κ3) is 4.66. The fourth-order valence-electron chi connectivity index (χ4n) is 1.55. The van der Waals surface area contributed by atoms with Gasteiger partial charge in [-0.2, -0.15) is 8.78 Å². The highest BCUT2D eigenvalue weighted by atomic mass is 19.3. The van der Waals surface area contributed by atoms with Crippen molar-refractivity contribution in [3.63, 3.8) is 0 Å². The first kappa shape index (κ1) is 17.8. The molecule has 6 nitrogen and oxygen atoms in total. The molecule has 0 saturated carbocycles. The van der Waals surface area contributed by atoms with E-state index in [0.29, 0.717) is 0 Å². The number of carbonyl (C=O) groups excluding carboxylic acids is 2. The minimum Gasteiger partial charge on any atom is -0.465 e. The smallest absolute Gasteiger partial charge is 0.387 e. The van der Waals surface area contributed by atoms with Crippen LogP contribution in [0.15, 0.2) is 18.2 Å². The summed E-state index contributed by atoms with van der Waals surface area (Å²) >= 11 is 0. The van der Waals surface area contributed by atoms with Gasteiger partial charge in [0.2, 0.25) is 5.91 Å². The Labute approximate surface area is 126 Å². The Bertz CT molecular complexity index is 550. The van der Waals surface area contributed by atoms with Crippen LogP contribution in [0.2, 0.25) is 0 Å². The molecule has 1 rings (SSSR count). The summed E-state index contributed by atoms with van der Waals surface area (Å²) in [4.78, 5) is 23.4. The fraction of sp³-hybridized carbons (Fsp3) is 0.429. The van der Waals surface area contributed by atoms with E-state index in [9.17, 15) is 18.4 Å². The van der Waals surface area contributed by atoms with Crippen molar-refractivity contribution in [2.75, 3.05) is 12.4 Å². The van der Waals surface area contributed by atoms with Gasteiger partial charge in [-0.1, -0.05) is 6.92 Å².